The van der Waals surface area contributed by atoms with Crippen molar-refractivity contribution < 1.29 is 27.2 Å². The highest BCUT2D eigenvalue weighted by Gasteiger charge is 2.28. The molecule has 1 aromatic carbocycles. The van der Waals surface area contributed by atoms with E-state index >= 15 is 0 Å². The smallest absolute Gasteiger partial charge is 0.214 e. The Balaban J connectivity index is 2.07. The summed E-state index contributed by atoms with van der Waals surface area (Å²) in [5, 5.41) is -0.935. The number of halogens is 2. The van der Waals surface area contributed by atoms with Crippen molar-refractivity contribution in [2.24, 2.45) is 0 Å². The van der Waals surface area contributed by atoms with Crippen LogP contribution in [0.15, 0.2) is 12.1 Å². The number of benzene rings is 1. The van der Waals surface area contributed by atoms with E-state index in [9.17, 15) is 27.2 Å². The van der Waals surface area contributed by atoms with E-state index in [1.165, 1.54) is 0 Å². The number of rotatable bonds is 11. The Kier molecular flexibility index (Phi) is 9.12. The van der Waals surface area contributed by atoms with Gasteiger partial charge in [0.05, 0.1) is 22.4 Å². The number of carbonyl (C=O) groups is 3. The van der Waals surface area contributed by atoms with Crippen LogP contribution in [0, 0.1) is 5.82 Å². The van der Waals surface area contributed by atoms with E-state index in [1.807, 2.05) is 0 Å². The number of ketones is 3. The molecule has 0 atom stereocenters. The molecular weight excluding hydrogens is 433 g/mol. The largest absolute Gasteiger partial charge is 0.300 e. The van der Waals surface area contributed by atoms with Crippen LogP contribution >= 0.6 is 11.6 Å². The number of Topliss-reactive ketones (excluding diaryl/α,β-unsaturated/α-hetero) is 3. The second-order valence-corrected chi connectivity index (χ2v) is 9.99. The van der Waals surface area contributed by atoms with E-state index in [4.69, 9.17) is 11.6 Å². The zero-order chi connectivity index (χ0) is 22.3. The summed E-state index contributed by atoms with van der Waals surface area (Å²) >= 11 is 5.85. The molecule has 0 heterocycles. The minimum absolute atomic E-state index is 0.0426. The summed E-state index contributed by atoms with van der Waals surface area (Å²) < 4.78 is 41.4. The summed E-state index contributed by atoms with van der Waals surface area (Å²) in [6.45, 7) is 1.14. The molecule has 0 aliphatic heterocycles. The van der Waals surface area contributed by atoms with Gasteiger partial charge >= 0.3 is 0 Å². The molecule has 6 nitrogen and oxygen atoms in total. The fraction of sp³-hybridized carbons (Fsp3) is 0.571. The maximum absolute atomic E-state index is 14.4. The molecule has 1 N–H and O–H groups in total. The molecule has 0 radical (unpaired) electrons. The highest BCUT2D eigenvalue weighted by Crippen LogP contribution is 2.24. The van der Waals surface area contributed by atoms with Gasteiger partial charge in [0.1, 0.15) is 5.78 Å². The molecule has 9 heteroatoms. The first-order valence-corrected chi connectivity index (χ1v) is 12.1. The third-order valence-corrected chi connectivity index (χ3v) is 7.50. The summed E-state index contributed by atoms with van der Waals surface area (Å²) in [6.07, 6.45) is 4.78. The fourth-order valence-electron chi connectivity index (χ4n) is 3.47. The molecule has 1 aliphatic rings. The van der Waals surface area contributed by atoms with Gasteiger partial charge in [0.2, 0.25) is 10.0 Å². The van der Waals surface area contributed by atoms with Gasteiger partial charge in [-0.05, 0) is 31.4 Å². The van der Waals surface area contributed by atoms with Crippen molar-refractivity contribution in [3.63, 3.8) is 0 Å². The molecule has 0 unspecified atom stereocenters. The second kappa shape index (κ2) is 11.1. The van der Waals surface area contributed by atoms with Crippen molar-refractivity contribution in [2.75, 3.05) is 6.54 Å². The number of hydrogen-bond donors (Lipinski definition) is 1. The molecule has 1 aliphatic carbocycles. The van der Waals surface area contributed by atoms with E-state index in [0.717, 1.165) is 31.4 Å². The second-order valence-electron chi connectivity index (χ2n) is 7.54. The van der Waals surface area contributed by atoms with Crippen LogP contribution in [0.5, 0.6) is 0 Å². The van der Waals surface area contributed by atoms with Crippen LogP contribution in [0.25, 0.3) is 0 Å². The Labute approximate surface area is 181 Å². The number of hydrogen-bond acceptors (Lipinski definition) is 5. The van der Waals surface area contributed by atoms with Gasteiger partial charge in [-0.25, -0.2) is 17.5 Å². The lowest BCUT2D eigenvalue weighted by molar-refractivity contribution is -0.118. The monoisotopic (exact) mass is 459 g/mol. The molecule has 0 bridgehead atoms. The zero-order valence-electron chi connectivity index (χ0n) is 17.0. The van der Waals surface area contributed by atoms with Crippen molar-refractivity contribution in [1.82, 2.24) is 4.72 Å². The minimum Gasteiger partial charge on any atom is -0.300 e. The van der Waals surface area contributed by atoms with E-state index in [1.54, 1.807) is 6.92 Å². The van der Waals surface area contributed by atoms with Crippen LogP contribution < -0.4 is 4.72 Å². The third-order valence-electron chi connectivity index (χ3n) is 5.33. The average Bonchev–Trinajstić information content (AvgIpc) is 2.74. The predicted molar refractivity (Wildman–Crippen MR) is 113 cm³/mol. The van der Waals surface area contributed by atoms with Gasteiger partial charge in [-0.1, -0.05) is 37.8 Å². The lowest BCUT2D eigenvalue weighted by Gasteiger charge is -2.21. The van der Waals surface area contributed by atoms with Crippen LogP contribution in [0.1, 0.15) is 85.4 Å². The molecule has 1 aromatic rings. The molecule has 30 heavy (non-hydrogen) atoms. The van der Waals surface area contributed by atoms with Crippen molar-refractivity contribution in [3.8, 4) is 0 Å². The minimum atomic E-state index is -3.68. The molecule has 0 spiro atoms. The third kappa shape index (κ3) is 6.68. The molecular formula is C21H27ClFNO5S. The topological polar surface area (TPSA) is 97.4 Å². The lowest BCUT2D eigenvalue weighted by Crippen LogP contribution is -2.38. The first-order valence-electron chi connectivity index (χ1n) is 10.2. The molecule has 166 valence electrons. The lowest BCUT2D eigenvalue weighted by atomic mass is 10.00. The Hall–Kier alpha value is -1.64. The van der Waals surface area contributed by atoms with Gasteiger partial charge in [-0.2, -0.15) is 0 Å². The van der Waals surface area contributed by atoms with Gasteiger partial charge in [-0.3, -0.25) is 14.4 Å². The van der Waals surface area contributed by atoms with E-state index in [0.29, 0.717) is 25.7 Å². The SMILES string of the molecule is CCC(=O)CCCC(=O)c1cc(Cl)c(F)c(C(=O)CNS(=O)(=O)C2CCCCC2)c1. The standard InChI is InChI=1S/C21H27ClFNO5S/c1-2-15(25)7-6-10-19(26)14-11-17(21(23)18(22)12-14)20(27)13-24-30(28,29)16-8-4-3-5-9-16/h11-12,16,24H,2-10,13H2,1H3. The fourth-order valence-corrected chi connectivity index (χ4v) is 5.22. The van der Waals surface area contributed by atoms with Crippen molar-refractivity contribution in [2.45, 2.75) is 70.0 Å². The van der Waals surface area contributed by atoms with E-state index in [-0.39, 0.29) is 35.0 Å². The highest BCUT2D eigenvalue weighted by molar-refractivity contribution is 7.90. The summed E-state index contributed by atoms with van der Waals surface area (Å²) in [6, 6.07) is 2.24. The molecule has 0 aromatic heterocycles. The number of nitrogens with one attached hydrogen (secondary N) is 1. The maximum atomic E-state index is 14.4. The van der Waals surface area contributed by atoms with E-state index in [2.05, 4.69) is 4.72 Å². The van der Waals surface area contributed by atoms with Crippen LogP contribution in [0.2, 0.25) is 5.02 Å². The number of sulfonamides is 1. The summed E-state index contributed by atoms with van der Waals surface area (Å²) in [7, 11) is -3.68. The Morgan fingerprint density at radius 3 is 2.40 bits per heavy atom. The molecule has 0 saturated heterocycles. The normalized spacial score (nSPS) is 15.2. The van der Waals surface area contributed by atoms with Crippen molar-refractivity contribution >= 4 is 39.0 Å². The number of carbonyl (C=O) groups excluding carboxylic acids is 3. The quantitative estimate of drug-likeness (QED) is 0.499. The van der Waals surface area contributed by atoms with Gasteiger partial charge in [-0.15, -0.1) is 0 Å². The van der Waals surface area contributed by atoms with Gasteiger partial charge in [0.15, 0.2) is 17.4 Å². The zero-order valence-corrected chi connectivity index (χ0v) is 18.6. The molecule has 1 fully saturated rings. The Morgan fingerprint density at radius 2 is 1.77 bits per heavy atom. The first kappa shape index (κ1) is 24.6. The van der Waals surface area contributed by atoms with Crippen LogP contribution in [-0.2, 0) is 14.8 Å². The van der Waals surface area contributed by atoms with Crippen LogP contribution in [0.3, 0.4) is 0 Å². The predicted octanol–water partition coefficient (Wildman–Crippen LogP) is 4.25. The van der Waals surface area contributed by atoms with Crippen molar-refractivity contribution in [1.29, 1.82) is 0 Å². The molecule has 1 saturated carbocycles. The average molecular weight is 460 g/mol. The maximum Gasteiger partial charge on any atom is 0.214 e. The summed E-state index contributed by atoms with van der Waals surface area (Å²) in [4.78, 5) is 36.2. The Morgan fingerprint density at radius 1 is 1.10 bits per heavy atom. The van der Waals surface area contributed by atoms with Crippen LogP contribution in [-0.4, -0.2) is 37.6 Å². The van der Waals surface area contributed by atoms with Crippen molar-refractivity contribution in [3.05, 3.63) is 34.1 Å². The summed E-state index contributed by atoms with van der Waals surface area (Å²) in [5.41, 5.74) is -0.370. The molecule has 2 rings (SSSR count). The Bertz CT molecular complexity index is 910. The van der Waals surface area contributed by atoms with Gasteiger partial charge in [0, 0.05) is 24.8 Å². The summed E-state index contributed by atoms with van der Waals surface area (Å²) in [5.74, 6) is -2.11. The first-order chi connectivity index (χ1) is 14.2. The highest BCUT2D eigenvalue weighted by atomic mass is 35.5. The van der Waals surface area contributed by atoms with Gasteiger partial charge < -0.3 is 0 Å². The van der Waals surface area contributed by atoms with E-state index < -0.39 is 39.0 Å². The molecule has 0 amide bonds. The van der Waals surface area contributed by atoms with Gasteiger partial charge in [0.25, 0.3) is 0 Å². The van der Waals surface area contributed by atoms with Crippen LogP contribution in [0.4, 0.5) is 4.39 Å².